The van der Waals surface area contributed by atoms with Crippen LogP contribution in [-0.4, -0.2) is 26.6 Å². The molecule has 1 aromatic carbocycles. The summed E-state index contributed by atoms with van der Waals surface area (Å²) in [5.41, 5.74) is 1.37. The molecule has 0 aliphatic carbocycles. The Bertz CT molecular complexity index is 534. The largest absolute Gasteiger partial charge is 0.289 e. The molecule has 0 bridgehead atoms. The molecule has 1 fully saturated rings. The maximum Gasteiger partial charge on any atom is 0.167 e. The van der Waals surface area contributed by atoms with Crippen molar-refractivity contribution in [3.05, 3.63) is 47.5 Å². The van der Waals surface area contributed by atoms with Crippen molar-refractivity contribution in [2.45, 2.75) is 45.2 Å². The summed E-state index contributed by atoms with van der Waals surface area (Å²) < 4.78 is 0. The fraction of sp³-hybridized carbons (Fsp3) is 0.500. The molecule has 3 rings (SSSR count). The lowest BCUT2D eigenvalue weighted by atomic mass is 10.0. The van der Waals surface area contributed by atoms with E-state index in [0.29, 0.717) is 6.04 Å². The van der Waals surface area contributed by atoms with Gasteiger partial charge in [-0.1, -0.05) is 43.7 Å². The summed E-state index contributed by atoms with van der Waals surface area (Å²) in [7, 11) is 0. The van der Waals surface area contributed by atoms with E-state index in [0.717, 1.165) is 37.6 Å². The van der Waals surface area contributed by atoms with Crippen LogP contribution in [-0.2, 0) is 13.0 Å². The Kier molecular flexibility index (Phi) is 4.11. The van der Waals surface area contributed by atoms with Gasteiger partial charge in [-0.15, -0.1) is 0 Å². The highest BCUT2D eigenvalue weighted by molar-refractivity contribution is 5.15. The first-order valence-corrected chi connectivity index (χ1v) is 7.56. The van der Waals surface area contributed by atoms with Gasteiger partial charge in [-0.2, -0.15) is 5.10 Å². The van der Waals surface area contributed by atoms with Crippen molar-refractivity contribution < 1.29 is 0 Å². The molecule has 1 saturated heterocycles. The Morgan fingerprint density at radius 1 is 1.25 bits per heavy atom. The van der Waals surface area contributed by atoms with Crippen LogP contribution in [0.15, 0.2) is 30.3 Å². The number of aryl methyl sites for hydroxylation is 1. The van der Waals surface area contributed by atoms with Crippen LogP contribution in [0.3, 0.4) is 0 Å². The van der Waals surface area contributed by atoms with Crippen LogP contribution in [0.2, 0.25) is 0 Å². The second-order valence-corrected chi connectivity index (χ2v) is 5.46. The van der Waals surface area contributed by atoms with E-state index in [9.17, 15) is 0 Å². The van der Waals surface area contributed by atoms with Crippen LogP contribution in [0.1, 0.15) is 49.4 Å². The molecule has 2 heterocycles. The number of benzene rings is 1. The highest BCUT2D eigenvalue weighted by atomic mass is 15.3. The van der Waals surface area contributed by atoms with Crippen molar-refractivity contribution in [3.63, 3.8) is 0 Å². The van der Waals surface area contributed by atoms with E-state index in [1.54, 1.807) is 0 Å². The second kappa shape index (κ2) is 6.18. The molecule has 4 nitrogen and oxygen atoms in total. The lowest BCUT2D eigenvalue weighted by Crippen LogP contribution is -2.33. The summed E-state index contributed by atoms with van der Waals surface area (Å²) in [6.07, 6.45) is 4.62. The van der Waals surface area contributed by atoms with Gasteiger partial charge < -0.3 is 0 Å². The molecule has 0 spiro atoms. The zero-order valence-corrected chi connectivity index (χ0v) is 12.0. The topological polar surface area (TPSA) is 44.8 Å². The molecular formula is C16H22N4. The average Bonchev–Trinajstić information content (AvgIpc) is 2.98. The standard InChI is InChI=1S/C16H22N4/c1-2-15-17-16(19-18-15)14-10-6-7-11-20(14)12-13-8-4-3-5-9-13/h3-5,8-9,14H,2,6-7,10-12H2,1H3,(H,17,18,19)/t14-/m0/s1. The highest BCUT2D eigenvalue weighted by Crippen LogP contribution is 2.30. The van der Waals surface area contributed by atoms with Gasteiger partial charge in [-0.3, -0.25) is 10.00 Å². The molecule has 1 aromatic heterocycles. The number of hydrogen-bond donors (Lipinski definition) is 1. The zero-order valence-electron chi connectivity index (χ0n) is 12.0. The van der Waals surface area contributed by atoms with Crippen LogP contribution in [0, 0.1) is 0 Å². The van der Waals surface area contributed by atoms with Crippen LogP contribution in [0.4, 0.5) is 0 Å². The van der Waals surface area contributed by atoms with E-state index >= 15 is 0 Å². The fourth-order valence-corrected chi connectivity index (χ4v) is 2.91. The number of piperidine rings is 1. The first-order chi connectivity index (χ1) is 9.86. The van der Waals surface area contributed by atoms with Gasteiger partial charge in [0.15, 0.2) is 5.82 Å². The number of H-pyrrole nitrogens is 1. The van der Waals surface area contributed by atoms with Gasteiger partial charge in [0, 0.05) is 13.0 Å². The summed E-state index contributed by atoms with van der Waals surface area (Å²) in [5, 5.41) is 7.47. The van der Waals surface area contributed by atoms with E-state index in [2.05, 4.69) is 57.3 Å². The van der Waals surface area contributed by atoms with Crippen molar-refractivity contribution in [1.82, 2.24) is 20.1 Å². The van der Waals surface area contributed by atoms with Crippen molar-refractivity contribution in [1.29, 1.82) is 0 Å². The van der Waals surface area contributed by atoms with Crippen molar-refractivity contribution in [2.24, 2.45) is 0 Å². The minimum Gasteiger partial charge on any atom is -0.289 e. The molecule has 4 heteroatoms. The van der Waals surface area contributed by atoms with Crippen LogP contribution < -0.4 is 0 Å². The Hall–Kier alpha value is -1.68. The second-order valence-electron chi connectivity index (χ2n) is 5.46. The van der Waals surface area contributed by atoms with Crippen LogP contribution in [0.5, 0.6) is 0 Å². The fourth-order valence-electron chi connectivity index (χ4n) is 2.91. The number of aromatic nitrogens is 3. The molecule has 1 aliphatic heterocycles. The number of nitrogens with one attached hydrogen (secondary N) is 1. The summed E-state index contributed by atoms with van der Waals surface area (Å²) >= 11 is 0. The smallest absolute Gasteiger partial charge is 0.167 e. The van der Waals surface area contributed by atoms with E-state index in [-0.39, 0.29) is 0 Å². The Balaban J connectivity index is 1.76. The normalized spacial score (nSPS) is 20.1. The molecule has 0 unspecified atom stereocenters. The molecule has 0 amide bonds. The summed E-state index contributed by atoms with van der Waals surface area (Å²) in [4.78, 5) is 7.15. The Morgan fingerprint density at radius 3 is 2.85 bits per heavy atom. The third kappa shape index (κ3) is 2.90. The van der Waals surface area contributed by atoms with Gasteiger partial charge in [-0.25, -0.2) is 4.98 Å². The molecule has 20 heavy (non-hydrogen) atoms. The highest BCUT2D eigenvalue weighted by Gasteiger charge is 2.27. The number of nitrogens with zero attached hydrogens (tertiary/aromatic N) is 3. The third-order valence-electron chi connectivity index (χ3n) is 4.02. The molecule has 1 atom stereocenters. The predicted octanol–water partition coefficient (Wildman–Crippen LogP) is 3.09. The predicted molar refractivity (Wildman–Crippen MR) is 79.2 cm³/mol. The first kappa shape index (κ1) is 13.3. The molecule has 0 saturated carbocycles. The van der Waals surface area contributed by atoms with Crippen LogP contribution >= 0.6 is 0 Å². The van der Waals surface area contributed by atoms with Crippen molar-refractivity contribution in [3.8, 4) is 0 Å². The van der Waals surface area contributed by atoms with Gasteiger partial charge in [0.05, 0.1) is 6.04 Å². The van der Waals surface area contributed by atoms with E-state index in [1.165, 1.54) is 18.4 Å². The zero-order chi connectivity index (χ0) is 13.8. The minimum atomic E-state index is 0.362. The number of hydrogen-bond acceptors (Lipinski definition) is 3. The maximum atomic E-state index is 4.64. The summed E-state index contributed by atoms with van der Waals surface area (Å²) in [6, 6.07) is 11.0. The maximum absolute atomic E-state index is 4.64. The lowest BCUT2D eigenvalue weighted by molar-refractivity contribution is 0.134. The van der Waals surface area contributed by atoms with Gasteiger partial charge in [0.2, 0.25) is 0 Å². The van der Waals surface area contributed by atoms with Crippen molar-refractivity contribution >= 4 is 0 Å². The number of rotatable bonds is 4. The number of likely N-dealkylation sites (tertiary alicyclic amines) is 1. The SMILES string of the molecule is CCc1nc([C@@H]2CCCCN2Cc2ccccc2)n[nH]1. The Morgan fingerprint density at radius 2 is 2.10 bits per heavy atom. The number of aromatic amines is 1. The monoisotopic (exact) mass is 270 g/mol. The Labute approximate surface area is 120 Å². The third-order valence-corrected chi connectivity index (χ3v) is 4.02. The molecule has 106 valence electrons. The van der Waals surface area contributed by atoms with Gasteiger partial charge in [-0.05, 0) is 24.9 Å². The van der Waals surface area contributed by atoms with Gasteiger partial charge >= 0.3 is 0 Å². The molecule has 1 N–H and O–H groups in total. The van der Waals surface area contributed by atoms with E-state index in [4.69, 9.17) is 0 Å². The molecular weight excluding hydrogens is 248 g/mol. The molecule has 2 aromatic rings. The summed E-state index contributed by atoms with van der Waals surface area (Å²) in [5.74, 6) is 1.96. The van der Waals surface area contributed by atoms with Crippen LogP contribution in [0.25, 0.3) is 0 Å². The quantitative estimate of drug-likeness (QED) is 0.928. The minimum absolute atomic E-state index is 0.362. The molecule has 0 radical (unpaired) electrons. The lowest BCUT2D eigenvalue weighted by Gasteiger charge is -2.34. The first-order valence-electron chi connectivity index (χ1n) is 7.56. The van der Waals surface area contributed by atoms with E-state index in [1.807, 2.05) is 0 Å². The van der Waals surface area contributed by atoms with Crippen molar-refractivity contribution in [2.75, 3.05) is 6.54 Å². The van der Waals surface area contributed by atoms with E-state index < -0.39 is 0 Å². The molecule has 1 aliphatic rings. The average molecular weight is 270 g/mol. The van der Waals surface area contributed by atoms with Gasteiger partial charge in [0.1, 0.15) is 5.82 Å². The summed E-state index contributed by atoms with van der Waals surface area (Å²) in [6.45, 7) is 4.23. The van der Waals surface area contributed by atoms with Gasteiger partial charge in [0.25, 0.3) is 0 Å².